The molecule has 110 valence electrons. The molecule has 0 aliphatic rings. The van der Waals surface area contributed by atoms with Gasteiger partial charge in [0, 0.05) is 34.1 Å². The number of benzene rings is 1. The van der Waals surface area contributed by atoms with E-state index in [1.165, 1.54) is 0 Å². The second-order valence-corrected chi connectivity index (χ2v) is 5.69. The minimum atomic E-state index is 0.672. The van der Waals surface area contributed by atoms with Crippen LogP contribution in [-0.4, -0.2) is 23.1 Å². The molecule has 2 N–H and O–H groups in total. The molecule has 1 aromatic carbocycles. The molecule has 0 saturated heterocycles. The van der Waals surface area contributed by atoms with Crippen LogP contribution in [0.2, 0.25) is 0 Å². The number of thiazole rings is 1. The summed E-state index contributed by atoms with van der Waals surface area (Å²) in [5.41, 5.74) is 4.41. The molecule has 0 aliphatic carbocycles. The first-order valence-corrected chi connectivity index (χ1v) is 8.05. The van der Waals surface area contributed by atoms with E-state index in [0.29, 0.717) is 6.61 Å². The zero-order valence-corrected chi connectivity index (χ0v) is 13.3. The molecule has 3 aromatic rings. The average molecular weight is 301 g/mol. The Kier molecular flexibility index (Phi) is 3.84. The van der Waals surface area contributed by atoms with E-state index in [9.17, 15) is 0 Å². The molecular weight excluding hydrogens is 282 g/mol. The number of aromatic nitrogens is 2. The smallest absolute Gasteiger partial charge is 0.183 e. The van der Waals surface area contributed by atoms with Crippen molar-refractivity contribution in [2.75, 3.05) is 18.5 Å². The van der Waals surface area contributed by atoms with Gasteiger partial charge in [-0.3, -0.25) is 0 Å². The van der Waals surface area contributed by atoms with Gasteiger partial charge in [-0.25, -0.2) is 4.98 Å². The summed E-state index contributed by atoms with van der Waals surface area (Å²) in [5.74, 6) is 0.896. The second kappa shape index (κ2) is 5.77. The first-order valence-electron chi connectivity index (χ1n) is 7.17. The molecule has 0 radical (unpaired) electrons. The summed E-state index contributed by atoms with van der Waals surface area (Å²) in [5, 5.41) is 7.48. The van der Waals surface area contributed by atoms with Crippen LogP contribution >= 0.6 is 11.3 Å². The van der Waals surface area contributed by atoms with E-state index >= 15 is 0 Å². The summed E-state index contributed by atoms with van der Waals surface area (Å²) in [4.78, 5) is 8.10. The minimum Gasteiger partial charge on any atom is -0.494 e. The Hall–Kier alpha value is -2.01. The summed E-state index contributed by atoms with van der Waals surface area (Å²) >= 11 is 1.64. The van der Waals surface area contributed by atoms with Crippen molar-refractivity contribution in [1.82, 2.24) is 9.97 Å². The molecule has 0 bridgehead atoms. The number of hydrogen-bond acceptors (Lipinski definition) is 4. The second-order valence-electron chi connectivity index (χ2n) is 4.83. The van der Waals surface area contributed by atoms with Crippen molar-refractivity contribution in [3.8, 4) is 17.0 Å². The molecule has 4 nitrogen and oxygen atoms in total. The molecule has 0 aliphatic heterocycles. The maximum Gasteiger partial charge on any atom is 0.183 e. The van der Waals surface area contributed by atoms with E-state index < -0.39 is 0 Å². The highest BCUT2D eigenvalue weighted by molar-refractivity contribution is 7.14. The van der Waals surface area contributed by atoms with Crippen molar-refractivity contribution in [2.24, 2.45) is 0 Å². The van der Waals surface area contributed by atoms with Gasteiger partial charge in [-0.15, -0.1) is 11.3 Å². The predicted octanol–water partition coefficient (Wildman–Crippen LogP) is 4.43. The lowest BCUT2D eigenvalue weighted by Gasteiger charge is -2.03. The average Bonchev–Trinajstić information content (AvgIpc) is 3.02. The standard InChI is InChI=1S/C16H19N3OS/c1-4-17-16-19-14(9-21-16)15-10(3)18-13-7-6-11(20-5-2)8-12(13)15/h6-9,18H,4-5H2,1-3H3,(H,17,19). The third-order valence-corrected chi connectivity index (χ3v) is 4.16. The Bertz CT molecular complexity index is 760. The Morgan fingerprint density at radius 2 is 2.19 bits per heavy atom. The monoisotopic (exact) mass is 301 g/mol. The quantitative estimate of drug-likeness (QED) is 0.733. The van der Waals surface area contributed by atoms with E-state index in [2.05, 4.69) is 46.6 Å². The van der Waals surface area contributed by atoms with E-state index in [1.807, 2.05) is 13.0 Å². The van der Waals surface area contributed by atoms with Crippen molar-refractivity contribution >= 4 is 27.4 Å². The summed E-state index contributed by atoms with van der Waals surface area (Å²) < 4.78 is 5.61. The first kappa shape index (κ1) is 13.9. The molecule has 2 heterocycles. The molecule has 5 heteroatoms. The van der Waals surface area contributed by atoms with Crippen LogP contribution in [0.1, 0.15) is 19.5 Å². The van der Waals surface area contributed by atoms with Crippen molar-refractivity contribution in [1.29, 1.82) is 0 Å². The fraction of sp³-hybridized carbons (Fsp3) is 0.312. The molecule has 0 spiro atoms. The topological polar surface area (TPSA) is 49.9 Å². The van der Waals surface area contributed by atoms with Gasteiger partial charge < -0.3 is 15.0 Å². The van der Waals surface area contributed by atoms with Gasteiger partial charge in [-0.2, -0.15) is 0 Å². The zero-order chi connectivity index (χ0) is 14.8. The highest BCUT2D eigenvalue weighted by Crippen LogP contribution is 2.35. The SMILES string of the molecule is CCNc1nc(-c2c(C)[nH]c3ccc(OCC)cc23)cs1. The highest BCUT2D eigenvalue weighted by Gasteiger charge is 2.14. The number of ether oxygens (including phenoxy) is 1. The van der Waals surface area contributed by atoms with Crippen molar-refractivity contribution < 1.29 is 4.74 Å². The maximum absolute atomic E-state index is 5.61. The number of fused-ring (bicyclic) bond motifs is 1. The van der Waals surface area contributed by atoms with Gasteiger partial charge in [0.1, 0.15) is 5.75 Å². The highest BCUT2D eigenvalue weighted by atomic mass is 32.1. The molecule has 2 aromatic heterocycles. The maximum atomic E-state index is 5.61. The van der Waals surface area contributed by atoms with Crippen LogP contribution in [0.5, 0.6) is 5.75 Å². The van der Waals surface area contributed by atoms with Crippen molar-refractivity contribution in [3.63, 3.8) is 0 Å². The minimum absolute atomic E-state index is 0.672. The number of H-pyrrole nitrogens is 1. The summed E-state index contributed by atoms with van der Waals surface area (Å²) in [7, 11) is 0. The molecule has 0 fully saturated rings. The Morgan fingerprint density at radius 3 is 2.95 bits per heavy atom. The summed E-state index contributed by atoms with van der Waals surface area (Å²) in [6, 6.07) is 6.15. The van der Waals surface area contributed by atoms with Gasteiger partial charge >= 0.3 is 0 Å². The number of anilines is 1. The van der Waals surface area contributed by atoms with Crippen LogP contribution in [0.4, 0.5) is 5.13 Å². The number of aromatic amines is 1. The largest absolute Gasteiger partial charge is 0.494 e. The van der Waals surface area contributed by atoms with Crippen molar-refractivity contribution in [3.05, 3.63) is 29.3 Å². The lowest BCUT2D eigenvalue weighted by molar-refractivity contribution is 0.341. The van der Waals surface area contributed by atoms with Gasteiger partial charge in [-0.1, -0.05) is 0 Å². The number of hydrogen-bond donors (Lipinski definition) is 2. The number of nitrogens with zero attached hydrogens (tertiary/aromatic N) is 1. The van der Waals surface area contributed by atoms with Gasteiger partial charge in [0.05, 0.1) is 12.3 Å². The number of aryl methyl sites for hydroxylation is 1. The molecule has 0 unspecified atom stereocenters. The molecule has 0 amide bonds. The summed E-state index contributed by atoms with van der Waals surface area (Å²) in [6.07, 6.45) is 0. The van der Waals surface area contributed by atoms with Gasteiger partial charge in [0.2, 0.25) is 0 Å². The number of nitrogens with one attached hydrogen (secondary N) is 2. The first-order chi connectivity index (χ1) is 10.2. The van der Waals surface area contributed by atoms with Gasteiger partial charge in [0.25, 0.3) is 0 Å². The van der Waals surface area contributed by atoms with E-state index in [0.717, 1.165) is 45.3 Å². The van der Waals surface area contributed by atoms with Crippen LogP contribution in [0, 0.1) is 6.92 Å². The molecular formula is C16H19N3OS. The van der Waals surface area contributed by atoms with Crippen LogP contribution in [0.15, 0.2) is 23.6 Å². The molecule has 21 heavy (non-hydrogen) atoms. The van der Waals surface area contributed by atoms with Gasteiger partial charge in [0.15, 0.2) is 5.13 Å². The fourth-order valence-corrected chi connectivity index (χ4v) is 3.29. The third kappa shape index (κ3) is 2.61. The Morgan fingerprint density at radius 1 is 1.33 bits per heavy atom. The molecule has 0 atom stereocenters. The Labute approximate surface area is 128 Å². The lowest BCUT2D eigenvalue weighted by atomic mass is 10.1. The van der Waals surface area contributed by atoms with E-state index in [1.54, 1.807) is 11.3 Å². The van der Waals surface area contributed by atoms with Gasteiger partial charge in [-0.05, 0) is 39.0 Å². The zero-order valence-electron chi connectivity index (χ0n) is 12.5. The van der Waals surface area contributed by atoms with Crippen LogP contribution in [-0.2, 0) is 0 Å². The van der Waals surface area contributed by atoms with Crippen LogP contribution in [0.25, 0.3) is 22.2 Å². The third-order valence-electron chi connectivity index (χ3n) is 3.36. The van der Waals surface area contributed by atoms with Crippen LogP contribution < -0.4 is 10.1 Å². The van der Waals surface area contributed by atoms with Crippen molar-refractivity contribution in [2.45, 2.75) is 20.8 Å². The predicted molar refractivity (Wildman–Crippen MR) is 89.5 cm³/mol. The normalized spacial score (nSPS) is 11.0. The molecule has 0 saturated carbocycles. The molecule has 3 rings (SSSR count). The van der Waals surface area contributed by atoms with Crippen LogP contribution in [0.3, 0.4) is 0 Å². The lowest BCUT2D eigenvalue weighted by Crippen LogP contribution is -1.95. The fourth-order valence-electron chi connectivity index (χ4n) is 2.51. The summed E-state index contributed by atoms with van der Waals surface area (Å²) in [6.45, 7) is 7.71. The van der Waals surface area contributed by atoms with E-state index in [-0.39, 0.29) is 0 Å². The number of rotatable bonds is 5. The van der Waals surface area contributed by atoms with E-state index in [4.69, 9.17) is 4.74 Å². The Balaban J connectivity index is 2.10.